The van der Waals surface area contributed by atoms with E-state index in [1.54, 1.807) is 0 Å². The summed E-state index contributed by atoms with van der Waals surface area (Å²) in [7, 11) is 0. The summed E-state index contributed by atoms with van der Waals surface area (Å²) >= 11 is 0. The highest BCUT2D eigenvalue weighted by atomic mass is 14.8. The van der Waals surface area contributed by atoms with Crippen LogP contribution in [0.15, 0.2) is 24.3 Å². The van der Waals surface area contributed by atoms with E-state index in [1.807, 2.05) is 0 Å². The van der Waals surface area contributed by atoms with E-state index >= 15 is 0 Å². The van der Waals surface area contributed by atoms with Crippen molar-refractivity contribution in [1.29, 1.82) is 0 Å². The Morgan fingerprint density at radius 1 is 1.21 bits per heavy atom. The number of rotatable bonds is 6. The van der Waals surface area contributed by atoms with Crippen molar-refractivity contribution < 1.29 is 0 Å². The highest BCUT2D eigenvalue weighted by Crippen LogP contribution is 2.06. The first kappa shape index (κ1) is 11.2. The third-order valence-electron chi connectivity index (χ3n) is 2.39. The zero-order chi connectivity index (χ0) is 10.2. The molecular weight excluding hydrogens is 172 g/mol. The van der Waals surface area contributed by atoms with Gasteiger partial charge in [0.15, 0.2) is 0 Å². The predicted molar refractivity (Wildman–Crippen MR) is 61.4 cm³/mol. The minimum atomic E-state index is 0.775. The SMILES string of the molecule is Cc1ccccc1CCNCCCN. The zero-order valence-corrected chi connectivity index (χ0v) is 8.92. The van der Waals surface area contributed by atoms with Gasteiger partial charge in [0.2, 0.25) is 0 Å². The lowest BCUT2D eigenvalue weighted by Gasteiger charge is -2.06. The van der Waals surface area contributed by atoms with Crippen molar-refractivity contribution in [2.75, 3.05) is 19.6 Å². The molecule has 0 spiro atoms. The van der Waals surface area contributed by atoms with Gasteiger partial charge in [-0.1, -0.05) is 24.3 Å². The number of aryl methyl sites for hydroxylation is 1. The van der Waals surface area contributed by atoms with Gasteiger partial charge in [0.1, 0.15) is 0 Å². The van der Waals surface area contributed by atoms with Crippen LogP contribution in [-0.2, 0) is 6.42 Å². The van der Waals surface area contributed by atoms with Gasteiger partial charge in [-0.15, -0.1) is 0 Å². The summed E-state index contributed by atoms with van der Waals surface area (Å²) in [6, 6.07) is 8.54. The summed E-state index contributed by atoms with van der Waals surface area (Å²) in [6.45, 7) is 5.01. The Bertz CT molecular complexity index is 258. The average Bonchev–Trinajstić information content (AvgIpc) is 2.20. The van der Waals surface area contributed by atoms with Gasteiger partial charge < -0.3 is 11.1 Å². The van der Waals surface area contributed by atoms with E-state index in [-0.39, 0.29) is 0 Å². The van der Waals surface area contributed by atoms with Crippen LogP contribution in [0.1, 0.15) is 17.5 Å². The van der Waals surface area contributed by atoms with Crippen LogP contribution in [0, 0.1) is 6.92 Å². The van der Waals surface area contributed by atoms with Crippen molar-refractivity contribution >= 4 is 0 Å². The maximum absolute atomic E-state index is 5.41. The fourth-order valence-electron chi connectivity index (χ4n) is 1.47. The first-order valence-electron chi connectivity index (χ1n) is 5.30. The van der Waals surface area contributed by atoms with E-state index in [0.717, 1.165) is 32.5 Å². The lowest BCUT2D eigenvalue weighted by atomic mass is 10.1. The Kier molecular flexibility index (Phi) is 5.27. The quantitative estimate of drug-likeness (QED) is 0.670. The fourth-order valence-corrected chi connectivity index (χ4v) is 1.47. The molecule has 0 saturated carbocycles. The Labute approximate surface area is 86.5 Å². The normalized spacial score (nSPS) is 10.4. The zero-order valence-electron chi connectivity index (χ0n) is 8.92. The maximum atomic E-state index is 5.41. The molecule has 2 nitrogen and oxygen atoms in total. The first-order valence-corrected chi connectivity index (χ1v) is 5.30. The van der Waals surface area contributed by atoms with Gasteiger partial charge in [-0.05, 0) is 50.5 Å². The molecule has 2 heteroatoms. The molecule has 0 aliphatic rings. The van der Waals surface area contributed by atoms with Crippen molar-refractivity contribution in [1.82, 2.24) is 5.32 Å². The highest BCUT2D eigenvalue weighted by molar-refractivity contribution is 5.25. The monoisotopic (exact) mass is 192 g/mol. The highest BCUT2D eigenvalue weighted by Gasteiger charge is 1.95. The fraction of sp³-hybridized carbons (Fsp3) is 0.500. The van der Waals surface area contributed by atoms with Crippen molar-refractivity contribution in [3.63, 3.8) is 0 Å². The summed E-state index contributed by atoms with van der Waals surface area (Å²) in [6.07, 6.45) is 2.17. The molecule has 1 rings (SSSR count). The van der Waals surface area contributed by atoms with Crippen LogP contribution in [0.5, 0.6) is 0 Å². The Hall–Kier alpha value is -0.860. The molecule has 0 amide bonds. The van der Waals surface area contributed by atoms with Crippen LogP contribution < -0.4 is 11.1 Å². The lowest BCUT2D eigenvalue weighted by Crippen LogP contribution is -2.20. The van der Waals surface area contributed by atoms with E-state index in [0.29, 0.717) is 0 Å². The molecule has 0 aromatic heterocycles. The minimum Gasteiger partial charge on any atom is -0.330 e. The molecule has 0 atom stereocenters. The summed E-state index contributed by atoms with van der Waals surface area (Å²) in [5.41, 5.74) is 8.23. The van der Waals surface area contributed by atoms with Gasteiger partial charge >= 0.3 is 0 Å². The molecule has 3 N–H and O–H groups in total. The lowest BCUT2D eigenvalue weighted by molar-refractivity contribution is 0.652. The van der Waals surface area contributed by atoms with Gasteiger partial charge in [0.25, 0.3) is 0 Å². The van der Waals surface area contributed by atoms with E-state index in [1.165, 1.54) is 11.1 Å². The number of benzene rings is 1. The third kappa shape index (κ3) is 3.90. The molecule has 0 heterocycles. The number of hydrogen-bond donors (Lipinski definition) is 2. The third-order valence-corrected chi connectivity index (χ3v) is 2.39. The molecule has 0 radical (unpaired) electrons. The van der Waals surface area contributed by atoms with Gasteiger partial charge in [0.05, 0.1) is 0 Å². The number of nitrogens with two attached hydrogens (primary N) is 1. The van der Waals surface area contributed by atoms with E-state index in [4.69, 9.17) is 5.73 Å². The van der Waals surface area contributed by atoms with Gasteiger partial charge in [0, 0.05) is 0 Å². The van der Waals surface area contributed by atoms with Crippen molar-refractivity contribution in [3.05, 3.63) is 35.4 Å². The number of hydrogen-bond acceptors (Lipinski definition) is 2. The number of nitrogens with one attached hydrogen (secondary N) is 1. The summed E-state index contributed by atoms with van der Waals surface area (Å²) in [5, 5.41) is 3.38. The van der Waals surface area contributed by atoms with Crippen LogP contribution in [0.2, 0.25) is 0 Å². The van der Waals surface area contributed by atoms with Crippen LogP contribution in [0.3, 0.4) is 0 Å². The predicted octanol–water partition coefficient (Wildman–Crippen LogP) is 1.48. The van der Waals surface area contributed by atoms with Crippen molar-refractivity contribution in [2.24, 2.45) is 5.73 Å². The van der Waals surface area contributed by atoms with Gasteiger partial charge in [-0.2, -0.15) is 0 Å². The molecule has 0 aliphatic carbocycles. The Morgan fingerprint density at radius 2 is 2.00 bits per heavy atom. The molecule has 1 aromatic carbocycles. The summed E-state index contributed by atoms with van der Waals surface area (Å²) < 4.78 is 0. The van der Waals surface area contributed by atoms with E-state index < -0.39 is 0 Å². The first-order chi connectivity index (χ1) is 6.84. The van der Waals surface area contributed by atoms with Gasteiger partial charge in [-0.3, -0.25) is 0 Å². The van der Waals surface area contributed by atoms with E-state index in [9.17, 15) is 0 Å². The van der Waals surface area contributed by atoms with Crippen LogP contribution in [0.4, 0.5) is 0 Å². The smallest absolute Gasteiger partial charge is 0.000824 e. The Morgan fingerprint density at radius 3 is 2.71 bits per heavy atom. The molecule has 0 bridgehead atoms. The molecule has 0 unspecified atom stereocenters. The van der Waals surface area contributed by atoms with Crippen LogP contribution >= 0.6 is 0 Å². The molecule has 0 aliphatic heterocycles. The largest absolute Gasteiger partial charge is 0.330 e. The molecule has 14 heavy (non-hydrogen) atoms. The second-order valence-corrected chi connectivity index (χ2v) is 3.57. The molecule has 78 valence electrons. The summed E-state index contributed by atoms with van der Waals surface area (Å²) in [5.74, 6) is 0. The molecule has 0 fully saturated rings. The topological polar surface area (TPSA) is 38.0 Å². The Balaban J connectivity index is 2.21. The second kappa shape index (κ2) is 6.57. The molecular formula is C12H20N2. The maximum Gasteiger partial charge on any atom is -0.000824 e. The van der Waals surface area contributed by atoms with Crippen molar-refractivity contribution in [3.8, 4) is 0 Å². The van der Waals surface area contributed by atoms with Crippen molar-refractivity contribution in [2.45, 2.75) is 19.8 Å². The summed E-state index contributed by atoms with van der Waals surface area (Å²) in [4.78, 5) is 0. The minimum absolute atomic E-state index is 0.775. The standard InChI is InChI=1S/C12H20N2/c1-11-5-2-3-6-12(11)7-10-14-9-4-8-13/h2-3,5-6,14H,4,7-10,13H2,1H3. The molecule has 1 aromatic rings. The average molecular weight is 192 g/mol. The van der Waals surface area contributed by atoms with Gasteiger partial charge in [-0.25, -0.2) is 0 Å². The van der Waals surface area contributed by atoms with Crippen LogP contribution in [-0.4, -0.2) is 19.6 Å². The second-order valence-electron chi connectivity index (χ2n) is 3.57. The van der Waals surface area contributed by atoms with E-state index in [2.05, 4.69) is 36.5 Å². The molecule has 0 saturated heterocycles. The van der Waals surface area contributed by atoms with Crippen LogP contribution in [0.25, 0.3) is 0 Å².